The van der Waals surface area contributed by atoms with Crippen molar-refractivity contribution in [3.05, 3.63) is 58.1 Å². The van der Waals surface area contributed by atoms with Crippen molar-refractivity contribution in [1.29, 1.82) is 5.41 Å². The number of nitrogens with zero attached hydrogens (tertiary/aromatic N) is 1. The number of halogens is 1. The van der Waals surface area contributed by atoms with Gasteiger partial charge in [0.1, 0.15) is 5.84 Å². The van der Waals surface area contributed by atoms with E-state index in [0.29, 0.717) is 5.56 Å². The Morgan fingerprint density at radius 1 is 1.16 bits per heavy atom. The van der Waals surface area contributed by atoms with Crippen LogP contribution in [0.15, 0.2) is 46.9 Å². The number of amidine groups is 1. The average Bonchev–Trinajstić information content (AvgIpc) is 2.38. The first-order valence-corrected chi connectivity index (χ1v) is 6.73. The molecule has 0 saturated heterocycles. The van der Waals surface area contributed by atoms with E-state index in [1.54, 1.807) is 0 Å². The number of para-hydroxylation sites is 1. The van der Waals surface area contributed by atoms with Gasteiger partial charge in [-0.15, -0.1) is 0 Å². The van der Waals surface area contributed by atoms with Gasteiger partial charge >= 0.3 is 0 Å². The molecule has 0 unspecified atom stereocenters. The summed E-state index contributed by atoms with van der Waals surface area (Å²) in [6.07, 6.45) is 0. The molecular formula is C15H16BrN3. The molecule has 2 rings (SSSR count). The van der Waals surface area contributed by atoms with E-state index in [4.69, 9.17) is 11.1 Å². The first-order chi connectivity index (χ1) is 9.00. The van der Waals surface area contributed by atoms with E-state index in [1.807, 2.05) is 37.4 Å². The van der Waals surface area contributed by atoms with Crippen LogP contribution in [0, 0.1) is 12.3 Å². The summed E-state index contributed by atoms with van der Waals surface area (Å²) >= 11 is 3.54. The standard InChI is InChI=1S/C15H16BrN3/c1-10-5-3-4-6-13(10)19(2)14-8-7-11(15(17)18)9-12(14)16/h3-9H,1-2H3,(H3,17,18). The molecule has 0 aliphatic carbocycles. The van der Waals surface area contributed by atoms with Gasteiger partial charge in [0.05, 0.1) is 5.69 Å². The number of nitrogens with two attached hydrogens (primary N) is 1. The fourth-order valence-electron chi connectivity index (χ4n) is 2.02. The number of benzene rings is 2. The van der Waals surface area contributed by atoms with Crippen molar-refractivity contribution in [2.24, 2.45) is 5.73 Å². The summed E-state index contributed by atoms with van der Waals surface area (Å²) in [7, 11) is 2.02. The summed E-state index contributed by atoms with van der Waals surface area (Å²) in [4.78, 5) is 2.11. The van der Waals surface area contributed by atoms with Crippen molar-refractivity contribution in [1.82, 2.24) is 0 Å². The Morgan fingerprint density at radius 3 is 2.42 bits per heavy atom. The average molecular weight is 318 g/mol. The fraction of sp³-hybridized carbons (Fsp3) is 0.133. The zero-order chi connectivity index (χ0) is 14.0. The van der Waals surface area contributed by atoms with Crippen LogP contribution in [-0.2, 0) is 0 Å². The second-order valence-electron chi connectivity index (χ2n) is 4.43. The highest BCUT2D eigenvalue weighted by Gasteiger charge is 2.10. The molecule has 98 valence electrons. The number of rotatable bonds is 3. The molecule has 0 saturated carbocycles. The molecule has 3 nitrogen and oxygen atoms in total. The minimum Gasteiger partial charge on any atom is -0.384 e. The molecule has 0 aliphatic rings. The van der Waals surface area contributed by atoms with E-state index >= 15 is 0 Å². The molecule has 0 atom stereocenters. The Bertz CT molecular complexity index is 623. The van der Waals surface area contributed by atoms with Gasteiger partial charge in [0.15, 0.2) is 0 Å². The Labute approximate surface area is 121 Å². The molecule has 0 radical (unpaired) electrons. The lowest BCUT2D eigenvalue weighted by molar-refractivity contribution is 1.18. The van der Waals surface area contributed by atoms with Crippen LogP contribution >= 0.6 is 15.9 Å². The lowest BCUT2D eigenvalue weighted by Gasteiger charge is -2.23. The van der Waals surface area contributed by atoms with Crippen molar-refractivity contribution in [2.45, 2.75) is 6.92 Å². The number of aryl methyl sites for hydroxylation is 1. The minimum absolute atomic E-state index is 0.0748. The van der Waals surface area contributed by atoms with Gasteiger partial charge in [0.2, 0.25) is 0 Å². The molecule has 0 aliphatic heterocycles. The molecule has 0 heterocycles. The summed E-state index contributed by atoms with van der Waals surface area (Å²) in [6, 6.07) is 13.9. The van der Waals surface area contributed by atoms with Crippen LogP contribution in [-0.4, -0.2) is 12.9 Å². The lowest BCUT2D eigenvalue weighted by Crippen LogP contribution is -2.14. The molecule has 3 N–H and O–H groups in total. The van der Waals surface area contributed by atoms with Crippen LogP contribution in [0.3, 0.4) is 0 Å². The van der Waals surface area contributed by atoms with Gasteiger partial charge in [0.25, 0.3) is 0 Å². The van der Waals surface area contributed by atoms with E-state index in [2.05, 4.69) is 39.9 Å². The highest BCUT2D eigenvalue weighted by Crippen LogP contribution is 2.32. The fourth-order valence-corrected chi connectivity index (χ4v) is 2.66. The Kier molecular flexibility index (Phi) is 3.90. The molecule has 4 heteroatoms. The van der Waals surface area contributed by atoms with Crippen molar-refractivity contribution in [2.75, 3.05) is 11.9 Å². The van der Waals surface area contributed by atoms with Crippen molar-refractivity contribution < 1.29 is 0 Å². The molecule has 19 heavy (non-hydrogen) atoms. The van der Waals surface area contributed by atoms with Crippen LogP contribution in [0.4, 0.5) is 11.4 Å². The van der Waals surface area contributed by atoms with Crippen molar-refractivity contribution in [3.63, 3.8) is 0 Å². The highest BCUT2D eigenvalue weighted by atomic mass is 79.9. The maximum absolute atomic E-state index is 7.45. The minimum atomic E-state index is 0.0748. The summed E-state index contributed by atoms with van der Waals surface area (Å²) in [5.74, 6) is 0.0748. The molecule has 0 aromatic heterocycles. The maximum Gasteiger partial charge on any atom is 0.122 e. The van der Waals surface area contributed by atoms with E-state index in [0.717, 1.165) is 15.8 Å². The van der Waals surface area contributed by atoms with E-state index in [1.165, 1.54) is 5.56 Å². The topological polar surface area (TPSA) is 53.1 Å². The quantitative estimate of drug-likeness (QED) is 0.668. The number of anilines is 2. The first-order valence-electron chi connectivity index (χ1n) is 5.94. The van der Waals surface area contributed by atoms with Crippen LogP contribution < -0.4 is 10.6 Å². The molecule has 0 spiro atoms. The number of hydrogen-bond donors (Lipinski definition) is 2. The summed E-state index contributed by atoms with van der Waals surface area (Å²) in [5.41, 5.74) is 9.62. The number of nitrogens with one attached hydrogen (secondary N) is 1. The van der Waals surface area contributed by atoms with Gasteiger partial charge in [-0.25, -0.2) is 0 Å². The van der Waals surface area contributed by atoms with Crippen LogP contribution in [0.1, 0.15) is 11.1 Å². The number of hydrogen-bond acceptors (Lipinski definition) is 2. The molecule has 0 bridgehead atoms. The molecule has 0 fully saturated rings. The zero-order valence-electron chi connectivity index (χ0n) is 10.9. The largest absolute Gasteiger partial charge is 0.384 e. The third-order valence-electron chi connectivity index (χ3n) is 3.10. The van der Waals surface area contributed by atoms with Crippen LogP contribution in [0.25, 0.3) is 0 Å². The lowest BCUT2D eigenvalue weighted by atomic mass is 10.1. The van der Waals surface area contributed by atoms with Crippen molar-refractivity contribution >= 4 is 33.1 Å². The SMILES string of the molecule is Cc1ccccc1N(C)c1ccc(C(=N)N)cc1Br. The van der Waals surface area contributed by atoms with Gasteiger partial charge in [-0.3, -0.25) is 5.41 Å². The first kappa shape index (κ1) is 13.6. The van der Waals surface area contributed by atoms with Crippen molar-refractivity contribution in [3.8, 4) is 0 Å². The van der Waals surface area contributed by atoms with E-state index in [9.17, 15) is 0 Å². The second-order valence-corrected chi connectivity index (χ2v) is 5.28. The Morgan fingerprint density at radius 2 is 1.84 bits per heavy atom. The zero-order valence-corrected chi connectivity index (χ0v) is 12.5. The molecule has 2 aromatic carbocycles. The van der Waals surface area contributed by atoms with Crippen LogP contribution in [0.5, 0.6) is 0 Å². The van der Waals surface area contributed by atoms with Crippen LogP contribution in [0.2, 0.25) is 0 Å². The maximum atomic E-state index is 7.45. The van der Waals surface area contributed by atoms with Gasteiger partial charge in [-0.05, 0) is 52.7 Å². The monoisotopic (exact) mass is 317 g/mol. The molecule has 0 amide bonds. The van der Waals surface area contributed by atoms with E-state index in [-0.39, 0.29) is 5.84 Å². The molecular weight excluding hydrogens is 302 g/mol. The summed E-state index contributed by atoms with van der Waals surface area (Å²) in [5, 5.41) is 7.45. The second kappa shape index (κ2) is 5.45. The smallest absolute Gasteiger partial charge is 0.122 e. The van der Waals surface area contributed by atoms with E-state index < -0.39 is 0 Å². The normalized spacial score (nSPS) is 10.3. The summed E-state index contributed by atoms with van der Waals surface area (Å²) in [6.45, 7) is 2.09. The Balaban J connectivity index is 2.42. The third-order valence-corrected chi connectivity index (χ3v) is 3.73. The Hall–Kier alpha value is -1.81. The predicted octanol–water partition coefficient (Wildman–Crippen LogP) is 3.81. The number of nitrogen functional groups attached to an aromatic ring is 1. The van der Waals surface area contributed by atoms with Gasteiger partial charge in [0, 0.05) is 22.8 Å². The predicted molar refractivity (Wildman–Crippen MR) is 84.4 cm³/mol. The van der Waals surface area contributed by atoms with Gasteiger partial charge in [-0.1, -0.05) is 18.2 Å². The summed E-state index contributed by atoms with van der Waals surface area (Å²) < 4.78 is 0.922. The third kappa shape index (κ3) is 2.79. The molecule has 2 aromatic rings. The van der Waals surface area contributed by atoms with Gasteiger partial charge in [-0.2, -0.15) is 0 Å². The highest BCUT2D eigenvalue weighted by molar-refractivity contribution is 9.10. The van der Waals surface area contributed by atoms with Gasteiger partial charge < -0.3 is 10.6 Å².